The molecular weight excluding hydrogens is 250 g/mol. The van der Waals surface area contributed by atoms with Crippen molar-refractivity contribution >= 4 is 10.9 Å². The fourth-order valence-corrected chi connectivity index (χ4v) is 3.13. The maximum atomic E-state index is 4.06. The number of rotatable bonds is 2. The first kappa shape index (κ1) is 11.7. The van der Waals surface area contributed by atoms with Gasteiger partial charge in [0.2, 0.25) is 0 Å². The van der Waals surface area contributed by atoms with Gasteiger partial charge in [-0.1, -0.05) is 5.21 Å². The van der Waals surface area contributed by atoms with Crippen molar-refractivity contribution in [1.82, 2.24) is 25.3 Å². The molecule has 0 spiro atoms. The van der Waals surface area contributed by atoms with E-state index in [4.69, 9.17) is 0 Å². The largest absolute Gasteiger partial charge is 0.361 e. The van der Waals surface area contributed by atoms with E-state index in [-0.39, 0.29) is 0 Å². The summed E-state index contributed by atoms with van der Waals surface area (Å²) in [7, 11) is 0. The molecule has 2 atom stereocenters. The number of fused-ring (bicyclic) bond motifs is 1. The van der Waals surface area contributed by atoms with Crippen molar-refractivity contribution in [3.05, 3.63) is 42.4 Å². The van der Waals surface area contributed by atoms with Gasteiger partial charge >= 0.3 is 0 Å². The van der Waals surface area contributed by atoms with Crippen molar-refractivity contribution in [2.75, 3.05) is 6.54 Å². The van der Waals surface area contributed by atoms with Crippen LogP contribution in [0.1, 0.15) is 24.8 Å². The van der Waals surface area contributed by atoms with Crippen molar-refractivity contribution < 1.29 is 0 Å². The molecule has 2 aromatic heterocycles. The lowest BCUT2D eigenvalue weighted by Gasteiger charge is -2.08. The van der Waals surface area contributed by atoms with E-state index >= 15 is 0 Å². The number of H-pyrrole nitrogens is 1. The van der Waals surface area contributed by atoms with Crippen LogP contribution in [0.4, 0.5) is 0 Å². The maximum Gasteiger partial charge on any atom is 0.0697 e. The minimum absolute atomic E-state index is 0.588. The number of aromatic amines is 1. The highest BCUT2D eigenvalue weighted by Gasteiger charge is 2.24. The van der Waals surface area contributed by atoms with E-state index in [1.165, 1.54) is 22.9 Å². The summed E-state index contributed by atoms with van der Waals surface area (Å²) in [6, 6.07) is 6.97. The number of aromatic nitrogens is 4. The Morgan fingerprint density at radius 1 is 1.35 bits per heavy atom. The molecule has 1 saturated heterocycles. The van der Waals surface area contributed by atoms with Gasteiger partial charge in [0.1, 0.15) is 0 Å². The average molecular weight is 267 g/mol. The van der Waals surface area contributed by atoms with Gasteiger partial charge in [0.25, 0.3) is 0 Å². The first-order valence-electron chi connectivity index (χ1n) is 7.02. The van der Waals surface area contributed by atoms with Gasteiger partial charge in [-0.3, -0.25) is 0 Å². The standard InChI is InChI=1S/C15H17N5/c1-10-6-11(8-16-10)14-9-17-15-3-2-12(7-13(14)15)20-5-4-18-19-20/h2-5,7,9-11,16-17H,6,8H2,1H3. The highest BCUT2D eigenvalue weighted by molar-refractivity contribution is 5.85. The number of nitrogens with zero attached hydrogens (tertiary/aromatic N) is 3. The summed E-state index contributed by atoms with van der Waals surface area (Å²) in [6.07, 6.45) is 6.91. The molecule has 1 aromatic carbocycles. The van der Waals surface area contributed by atoms with Crippen LogP contribution in [0.5, 0.6) is 0 Å². The number of nitrogens with one attached hydrogen (secondary N) is 2. The Morgan fingerprint density at radius 3 is 3.05 bits per heavy atom. The molecule has 0 bridgehead atoms. The predicted molar refractivity (Wildman–Crippen MR) is 78.0 cm³/mol. The predicted octanol–water partition coefficient (Wildman–Crippen LogP) is 2.21. The normalized spacial score (nSPS) is 22.6. The van der Waals surface area contributed by atoms with Crippen LogP contribution >= 0.6 is 0 Å². The third kappa shape index (κ3) is 1.82. The van der Waals surface area contributed by atoms with Crippen molar-refractivity contribution in [1.29, 1.82) is 0 Å². The van der Waals surface area contributed by atoms with Crippen molar-refractivity contribution in [2.24, 2.45) is 0 Å². The minimum Gasteiger partial charge on any atom is -0.361 e. The molecule has 0 aliphatic carbocycles. The van der Waals surface area contributed by atoms with E-state index in [0.717, 1.165) is 12.2 Å². The van der Waals surface area contributed by atoms with E-state index < -0.39 is 0 Å². The molecule has 20 heavy (non-hydrogen) atoms. The molecule has 3 aromatic rings. The van der Waals surface area contributed by atoms with Gasteiger partial charge < -0.3 is 10.3 Å². The van der Waals surface area contributed by atoms with Gasteiger partial charge in [0.05, 0.1) is 18.1 Å². The SMILES string of the molecule is CC1CC(c2c[nH]c3ccc(-n4ccnn4)cc23)CN1. The Kier molecular flexibility index (Phi) is 2.60. The number of hydrogen-bond acceptors (Lipinski definition) is 3. The van der Waals surface area contributed by atoms with Crippen LogP contribution in [-0.4, -0.2) is 32.6 Å². The van der Waals surface area contributed by atoms with Crippen LogP contribution in [0.2, 0.25) is 0 Å². The monoisotopic (exact) mass is 267 g/mol. The quantitative estimate of drug-likeness (QED) is 0.748. The molecule has 1 fully saturated rings. The molecule has 5 nitrogen and oxygen atoms in total. The van der Waals surface area contributed by atoms with Gasteiger partial charge in [-0.25, -0.2) is 4.68 Å². The molecule has 3 heterocycles. The zero-order valence-electron chi connectivity index (χ0n) is 11.4. The summed E-state index contributed by atoms with van der Waals surface area (Å²) in [4.78, 5) is 3.38. The number of hydrogen-bond donors (Lipinski definition) is 2. The van der Waals surface area contributed by atoms with Gasteiger partial charge in [0, 0.05) is 29.7 Å². The molecule has 2 N–H and O–H groups in total. The van der Waals surface area contributed by atoms with Crippen LogP contribution in [0.25, 0.3) is 16.6 Å². The van der Waals surface area contributed by atoms with Crippen LogP contribution in [0, 0.1) is 0 Å². The average Bonchev–Trinajstić information content (AvgIpc) is 3.17. The van der Waals surface area contributed by atoms with E-state index in [1.807, 2.05) is 6.20 Å². The van der Waals surface area contributed by atoms with E-state index in [9.17, 15) is 0 Å². The molecule has 5 heteroatoms. The zero-order chi connectivity index (χ0) is 13.5. The summed E-state index contributed by atoms with van der Waals surface area (Å²) in [5, 5.41) is 12.7. The smallest absolute Gasteiger partial charge is 0.0697 e. The van der Waals surface area contributed by atoms with Gasteiger partial charge in [-0.2, -0.15) is 0 Å². The zero-order valence-corrected chi connectivity index (χ0v) is 11.4. The molecule has 0 amide bonds. The third-order valence-electron chi connectivity index (χ3n) is 4.18. The van der Waals surface area contributed by atoms with Crippen LogP contribution in [0.15, 0.2) is 36.8 Å². The summed E-state index contributed by atoms with van der Waals surface area (Å²) >= 11 is 0. The second kappa shape index (κ2) is 4.45. The second-order valence-electron chi connectivity index (χ2n) is 5.56. The first-order valence-corrected chi connectivity index (χ1v) is 7.02. The highest BCUT2D eigenvalue weighted by atomic mass is 15.4. The van der Waals surface area contributed by atoms with E-state index in [1.54, 1.807) is 10.9 Å². The van der Waals surface area contributed by atoms with Crippen molar-refractivity contribution in [3.63, 3.8) is 0 Å². The highest BCUT2D eigenvalue weighted by Crippen LogP contribution is 2.32. The van der Waals surface area contributed by atoms with Gasteiger partial charge in [0.15, 0.2) is 0 Å². The maximum absolute atomic E-state index is 4.06. The molecule has 1 aliphatic rings. The van der Waals surface area contributed by atoms with Crippen molar-refractivity contribution in [2.45, 2.75) is 25.3 Å². The van der Waals surface area contributed by atoms with E-state index in [0.29, 0.717) is 12.0 Å². The topological polar surface area (TPSA) is 58.5 Å². The lowest BCUT2D eigenvalue weighted by Crippen LogP contribution is -2.16. The lowest BCUT2D eigenvalue weighted by atomic mass is 9.96. The summed E-state index contributed by atoms with van der Waals surface area (Å²) in [5.74, 6) is 0.588. The summed E-state index contributed by atoms with van der Waals surface area (Å²) in [6.45, 7) is 3.30. The lowest BCUT2D eigenvalue weighted by molar-refractivity contribution is 0.659. The fraction of sp³-hybridized carbons (Fsp3) is 0.333. The van der Waals surface area contributed by atoms with E-state index in [2.05, 4.69) is 51.9 Å². The molecule has 1 aliphatic heterocycles. The Labute approximate surface area is 117 Å². The summed E-state index contributed by atoms with van der Waals surface area (Å²) in [5.41, 5.74) is 3.64. The molecule has 102 valence electrons. The fourth-order valence-electron chi connectivity index (χ4n) is 3.13. The Balaban J connectivity index is 1.80. The molecular formula is C15H17N5. The van der Waals surface area contributed by atoms with Crippen LogP contribution in [-0.2, 0) is 0 Å². The second-order valence-corrected chi connectivity index (χ2v) is 5.56. The molecule has 4 rings (SSSR count). The minimum atomic E-state index is 0.588. The van der Waals surface area contributed by atoms with Gasteiger partial charge in [-0.05, 0) is 43.0 Å². The Bertz CT molecular complexity index is 728. The summed E-state index contributed by atoms with van der Waals surface area (Å²) < 4.78 is 1.80. The molecule has 0 saturated carbocycles. The van der Waals surface area contributed by atoms with Gasteiger partial charge in [-0.15, -0.1) is 5.10 Å². The molecule has 0 radical (unpaired) electrons. The Morgan fingerprint density at radius 2 is 2.30 bits per heavy atom. The first-order chi connectivity index (χ1) is 9.81. The van der Waals surface area contributed by atoms with Crippen LogP contribution in [0.3, 0.4) is 0 Å². The van der Waals surface area contributed by atoms with Crippen molar-refractivity contribution in [3.8, 4) is 5.69 Å². The Hall–Kier alpha value is -2.14. The van der Waals surface area contributed by atoms with Crippen LogP contribution < -0.4 is 5.32 Å². The molecule has 2 unspecified atom stereocenters. The number of benzene rings is 1. The third-order valence-corrected chi connectivity index (χ3v) is 4.18.